The van der Waals surface area contributed by atoms with Gasteiger partial charge in [0.25, 0.3) is 0 Å². The minimum atomic E-state index is -4.38. The second-order valence-corrected chi connectivity index (χ2v) is 8.79. The number of halogens is 4. The first-order valence-corrected chi connectivity index (χ1v) is 11.1. The van der Waals surface area contributed by atoms with Crippen molar-refractivity contribution in [1.82, 2.24) is 14.5 Å². The number of pyridine rings is 2. The summed E-state index contributed by atoms with van der Waals surface area (Å²) in [6.45, 7) is -1.11. The van der Waals surface area contributed by atoms with Gasteiger partial charge in [-0.3, -0.25) is 4.98 Å². The molecule has 5 rings (SSSR count). The van der Waals surface area contributed by atoms with E-state index in [0.29, 0.717) is 44.0 Å². The summed E-state index contributed by atoms with van der Waals surface area (Å²) in [5.74, 6) is 0.777. The van der Waals surface area contributed by atoms with Crippen molar-refractivity contribution in [3.8, 4) is 11.1 Å². The maximum Gasteiger partial charge on any atom is 0.406 e. The van der Waals surface area contributed by atoms with Crippen LogP contribution in [0.15, 0.2) is 48.9 Å². The third kappa shape index (κ3) is 4.13. The molecule has 3 aromatic heterocycles. The predicted molar refractivity (Wildman–Crippen MR) is 122 cm³/mol. The molecule has 8 heteroatoms. The van der Waals surface area contributed by atoms with Crippen molar-refractivity contribution in [3.05, 3.63) is 53.9 Å². The Bertz CT molecular complexity index is 1260. The van der Waals surface area contributed by atoms with Crippen molar-refractivity contribution in [3.63, 3.8) is 0 Å². The van der Waals surface area contributed by atoms with Crippen LogP contribution in [-0.2, 0) is 6.54 Å². The van der Waals surface area contributed by atoms with Gasteiger partial charge in [-0.15, -0.1) is 0 Å². The molecule has 0 saturated heterocycles. The Labute approximate surface area is 188 Å². The topological polar surface area (TPSA) is 42.7 Å². The molecule has 0 unspecified atom stereocenters. The molecule has 32 heavy (non-hydrogen) atoms. The highest BCUT2D eigenvalue weighted by molar-refractivity contribution is 6.32. The molecule has 1 saturated carbocycles. The summed E-state index contributed by atoms with van der Waals surface area (Å²) in [7, 11) is 0. The van der Waals surface area contributed by atoms with Crippen LogP contribution in [0, 0.1) is 0 Å². The van der Waals surface area contributed by atoms with Gasteiger partial charge in [-0.1, -0.05) is 30.9 Å². The fourth-order valence-corrected chi connectivity index (χ4v) is 4.92. The summed E-state index contributed by atoms with van der Waals surface area (Å²) in [4.78, 5) is 8.59. The third-order valence-electron chi connectivity index (χ3n) is 6.09. The van der Waals surface area contributed by atoms with Crippen molar-refractivity contribution in [1.29, 1.82) is 0 Å². The summed E-state index contributed by atoms with van der Waals surface area (Å²) in [5.41, 5.74) is 2.23. The van der Waals surface area contributed by atoms with Gasteiger partial charge >= 0.3 is 6.18 Å². The molecule has 4 aromatic rings. The Morgan fingerprint density at radius 3 is 2.56 bits per heavy atom. The molecule has 1 fully saturated rings. The smallest absolute Gasteiger partial charge is 0.367 e. The second kappa shape index (κ2) is 8.28. The number of aromatic nitrogens is 3. The molecule has 0 spiro atoms. The number of hydrogen-bond donors (Lipinski definition) is 1. The van der Waals surface area contributed by atoms with Crippen LogP contribution < -0.4 is 5.32 Å². The maximum atomic E-state index is 13.5. The van der Waals surface area contributed by atoms with Crippen LogP contribution in [-0.4, -0.2) is 26.8 Å². The van der Waals surface area contributed by atoms with Crippen LogP contribution in [0.3, 0.4) is 0 Å². The SMILES string of the molecule is FC(F)(F)Cn1c2cnccc2c2cc(Cl)cc(-c3ccc(NC4CCCCC4)nc3)c21. The summed E-state index contributed by atoms with van der Waals surface area (Å²) in [6, 6.07) is 9.32. The first kappa shape index (κ1) is 21.1. The number of nitrogens with zero attached hydrogens (tertiary/aromatic N) is 3. The number of anilines is 1. The zero-order valence-corrected chi connectivity index (χ0v) is 18.0. The second-order valence-electron chi connectivity index (χ2n) is 8.36. The number of alkyl halides is 3. The molecule has 0 bridgehead atoms. The fourth-order valence-electron chi connectivity index (χ4n) is 4.70. The Balaban J connectivity index is 1.62. The zero-order chi connectivity index (χ0) is 22.3. The van der Waals surface area contributed by atoms with Gasteiger partial charge in [-0.2, -0.15) is 13.2 Å². The van der Waals surface area contributed by atoms with Crippen molar-refractivity contribution in [2.75, 3.05) is 5.32 Å². The van der Waals surface area contributed by atoms with E-state index in [9.17, 15) is 13.2 Å². The summed E-state index contributed by atoms with van der Waals surface area (Å²) >= 11 is 6.40. The lowest BCUT2D eigenvalue weighted by molar-refractivity contribution is -0.139. The number of benzene rings is 1. The Hall–Kier alpha value is -2.80. The highest BCUT2D eigenvalue weighted by atomic mass is 35.5. The van der Waals surface area contributed by atoms with Crippen molar-refractivity contribution in [2.24, 2.45) is 0 Å². The fraction of sp³-hybridized carbons (Fsp3) is 0.333. The van der Waals surface area contributed by atoms with Gasteiger partial charge in [0.2, 0.25) is 0 Å². The van der Waals surface area contributed by atoms with Crippen LogP contribution >= 0.6 is 11.6 Å². The van der Waals surface area contributed by atoms with Gasteiger partial charge in [-0.25, -0.2) is 4.98 Å². The minimum Gasteiger partial charge on any atom is -0.367 e. The van der Waals surface area contributed by atoms with Crippen molar-refractivity contribution >= 4 is 39.2 Å². The third-order valence-corrected chi connectivity index (χ3v) is 6.31. The molecule has 1 aromatic carbocycles. The lowest BCUT2D eigenvalue weighted by Gasteiger charge is -2.23. The normalized spacial score (nSPS) is 15.5. The van der Waals surface area contributed by atoms with Crippen molar-refractivity contribution < 1.29 is 13.2 Å². The Morgan fingerprint density at radius 2 is 1.84 bits per heavy atom. The van der Waals surface area contributed by atoms with Gasteiger partial charge in [0.1, 0.15) is 12.4 Å². The van der Waals surface area contributed by atoms with E-state index in [1.165, 1.54) is 30.0 Å². The number of hydrogen-bond acceptors (Lipinski definition) is 3. The van der Waals surface area contributed by atoms with E-state index >= 15 is 0 Å². The van der Waals surface area contributed by atoms with Crippen LogP contribution in [0.5, 0.6) is 0 Å². The van der Waals surface area contributed by atoms with Crippen LogP contribution in [0.1, 0.15) is 32.1 Å². The molecular formula is C24H22ClF3N4. The van der Waals surface area contributed by atoms with Crippen LogP contribution in [0.25, 0.3) is 32.9 Å². The van der Waals surface area contributed by atoms with Crippen LogP contribution in [0.4, 0.5) is 19.0 Å². The summed E-state index contributed by atoms with van der Waals surface area (Å²) in [6.07, 6.45) is 6.33. The van der Waals surface area contributed by atoms with Crippen molar-refractivity contribution in [2.45, 2.75) is 50.9 Å². The molecule has 1 N–H and O–H groups in total. The molecule has 0 radical (unpaired) electrons. The minimum absolute atomic E-state index is 0.418. The summed E-state index contributed by atoms with van der Waals surface area (Å²) in [5, 5.41) is 5.28. The van der Waals surface area contributed by atoms with E-state index in [2.05, 4.69) is 15.3 Å². The number of fused-ring (bicyclic) bond motifs is 3. The zero-order valence-electron chi connectivity index (χ0n) is 17.3. The monoisotopic (exact) mass is 458 g/mol. The van der Waals surface area contributed by atoms with Gasteiger partial charge in [0.15, 0.2) is 0 Å². The van der Waals surface area contributed by atoms with Gasteiger partial charge in [0.05, 0.1) is 17.2 Å². The van der Waals surface area contributed by atoms with E-state index in [4.69, 9.17) is 11.6 Å². The number of nitrogens with one attached hydrogen (secondary N) is 1. The van der Waals surface area contributed by atoms with E-state index in [1.807, 2.05) is 12.1 Å². The van der Waals surface area contributed by atoms with Gasteiger partial charge in [-0.05, 0) is 43.2 Å². The molecular weight excluding hydrogens is 437 g/mol. The standard InChI is InChI=1S/C24H22ClF3N4/c25-16-10-19(15-6-7-22(30-12-15)31-17-4-2-1-3-5-17)23-20(11-16)18-8-9-29-13-21(18)32(23)14-24(26,27)28/h6-13,17H,1-5,14H2,(H,30,31). The first-order valence-electron chi connectivity index (χ1n) is 10.7. The lowest BCUT2D eigenvalue weighted by Crippen LogP contribution is -2.22. The van der Waals surface area contributed by atoms with Gasteiger partial charge in [0, 0.05) is 45.4 Å². The molecule has 3 heterocycles. The van der Waals surface area contributed by atoms with E-state index in [1.54, 1.807) is 30.6 Å². The van der Waals surface area contributed by atoms with Crippen LogP contribution in [0.2, 0.25) is 5.02 Å². The Kier molecular flexibility index (Phi) is 5.45. The highest BCUT2D eigenvalue weighted by Gasteiger charge is 2.30. The molecule has 0 amide bonds. The molecule has 4 nitrogen and oxygen atoms in total. The molecule has 0 atom stereocenters. The molecule has 166 valence electrons. The molecule has 0 aliphatic heterocycles. The average molecular weight is 459 g/mol. The largest absolute Gasteiger partial charge is 0.406 e. The highest BCUT2D eigenvalue weighted by Crippen LogP contribution is 2.39. The Morgan fingerprint density at radius 1 is 1.03 bits per heavy atom. The average Bonchev–Trinajstić information content (AvgIpc) is 3.07. The van der Waals surface area contributed by atoms with E-state index in [-0.39, 0.29) is 0 Å². The summed E-state index contributed by atoms with van der Waals surface area (Å²) < 4.78 is 41.7. The number of rotatable bonds is 4. The van der Waals surface area contributed by atoms with E-state index in [0.717, 1.165) is 18.7 Å². The maximum absolute atomic E-state index is 13.5. The quantitative estimate of drug-likeness (QED) is 0.351. The van der Waals surface area contributed by atoms with Gasteiger partial charge < -0.3 is 9.88 Å². The molecule has 1 aliphatic carbocycles. The molecule has 1 aliphatic rings. The lowest BCUT2D eigenvalue weighted by atomic mass is 9.95. The van der Waals surface area contributed by atoms with E-state index < -0.39 is 12.7 Å². The predicted octanol–water partition coefficient (Wildman–Crippen LogP) is 7.21. The first-order chi connectivity index (χ1) is 15.4.